The number of hydrogen-bond donors (Lipinski definition) is 1. The molecule has 1 aromatic carbocycles. The highest BCUT2D eigenvalue weighted by atomic mass is 16.1. The third kappa shape index (κ3) is 3.70. The molecule has 92 valence electrons. The van der Waals surface area contributed by atoms with E-state index in [2.05, 4.69) is 22.4 Å². The van der Waals surface area contributed by atoms with Gasteiger partial charge >= 0.3 is 0 Å². The molecule has 0 spiro atoms. The van der Waals surface area contributed by atoms with Crippen molar-refractivity contribution >= 4 is 11.7 Å². The molecule has 0 bridgehead atoms. The van der Waals surface area contributed by atoms with Crippen LogP contribution in [0.15, 0.2) is 48.5 Å². The number of anilines is 1. The molecule has 1 amide bonds. The Hall–Kier alpha value is -2.16. The van der Waals surface area contributed by atoms with Crippen LogP contribution in [-0.4, -0.2) is 10.9 Å². The molecule has 2 rings (SSSR count). The van der Waals surface area contributed by atoms with Crippen LogP contribution in [0.1, 0.15) is 18.2 Å². The van der Waals surface area contributed by atoms with Gasteiger partial charge in [0.05, 0.1) is 0 Å². The van der Waals surface area contributed by atoms with E-state index in [1.807, 2.05) is 30.3 Å². The van der Waals surface area contributed by atoms with Crippen LogP contribution in [0.2, 0.25) is 0 Å². The lowest BCUT2D eigenvalue weighted by atomic mass is 10.1. The summed E-state index contributed by atoms with van der Waals surface area (Å²) >= 11 is 0. The Labute approximate surface area is 107 Å². The number of carbonyl (C=O) groups is 1. The maximum absolute atomic E-state index is 11.0. The molecule has 1 N–H and O–H groups in total. The predicted octanol–water partition coefficient (Wildman–Crippen LogP) is 2.83. The van der Waals surface area contributed by atoms with Crippen LogP contribution in [-0.2, 0) is 17.6 Å². The fourth-order valence-corrected chi connectivity index (χ4v) is 1.79. The van der Waals surface area contributed by atoms with Crippen LogP contribution in [0, 0.1) is 0 Å². The SMILES string of the molecule is CC(=O)Nc1cccc(CCc2ccccc2)n1. The zero-order valence-electron chi connectivity index (χ0n) is 10.4. The Kier molecular flexibility index (Phi) is 4.07. The summed E-state index contributed by atoms with van der Waals surface area (Å²) in [6.07, 6.45) is 1.83. The first-order valence-corrected chi connectivity index (χ1v) is 6.01. The lowest BCUT2D eigenvalue weighted by Crippen LogP contribution is -2.08. The van der Waals surface area contributed by atoms with Gasteiger partial charge in [-0.3, -0.25) is 4.79 Å². The van der Waals surface area contributed by atoms with Gasteiger partial charge in [-0.15, -0.1) is 0 Å². The average Bonchev–Trinajstić information content (AvgIpc) is 2.37. The van der Waals surface area contributed by atoms with Crippen molar-refractivity contribution in [1.29, 1.82) is 0 Å². The number of aromatic nitrogens is 1. The van der Waals surface area contributed by atoms with Crippen LogP contribution in [0.4, 0.5) is 5.82 Å². The molecule has 2 aromatic rings. The molecule has 0 unspecified atom stereocenters. The fraction of sp³-hybridized carbons (Fsp3) is 0.200. The van der Waals surface area contributed by atoms with Gasteiger partial charge in [0.15, 0.2) is 0 Å². The third-order valence-corrected chi connectivity index (χ3v) is 2.62. The van der Waals surface area contributed by atoms with E-state index in [0.717, 1.165) is 18.5 Å². The van der Waals surface area contributed by atoms with Gasteiger partial charge < -0.3 is 5.32 Å². The van der Waals surface area contributed by atoms with Crippen molar-refractivity contribution in [2.45, 2.75) is 19.8 Å². The zero-order chi connectivity index (χ0) is 12.8. The summed E-state index contributed by atoms with van der Waals surface area (Å²) in [6, 6.07) is 16.0. The van der Waals surface area contributed by atoms with Crippen molar-refractivity contribution in [1.82, 2.24) is 4.98 Å². The molecule has 1 heterocycles. The first-order chi connectivity index (χ1) is 8.74. The van der Waals surface area contributed by atoms with Crippen molar-refractivity contribution in [3.8, 4) is 0 Å². The zero-order valence-corrected chi connectivity index (χ0v) is 10.4. The van der Waals surface area contributed by atoms with Crippen molar-refractivity contribution in [2.24, 2.45) is 0 Å². The number of hydrogen-bond acceptors (Lipinski definition) is 2. The van der Waals surface area contributed by atoms with Crippen molar-refractivity contribution in [2.75, 3.05) is 5.32 Å². The molecule has 3 nitrogen and oxygen atoms in total. The highest BCUT2D eigenvalue weighted by molar-refractivity contribution is 5.87. The highest BCUT2D eigenvalue weighted by Crippen LogP contribution is 2.08. The van der Waals surface area contributed by atoms with Gasteiger partial charge in [-0.05, 0) is 30.5 Å². The van der Waals surface area contributed by atoms with Gasteiger partial charge in [0.1, 0.15) is 5.82 Å². The molecule has 0 saturated heterocycles. The van der Waals surface area contributed by atoms with E-state index in [1.165, 1.54) is 12.5 Å². The minimum atomic E-state index is -0.0947. The molecule has 0 aliphatic carbocycles. The summed E-state index contributed by atoms with van der Waals surface area (Å²) in [5.74, 6) is 0.524. The van der Waals surface area contributed by atoms with Gasteiger partial charge in [0, 0.05) is 12.6 Å². The minimum absolute atomic E-state index is 0.0947. The number of rotatable bonds is 4. The Bertz CT molecular complexity index is 523. The second kappa shape index (κ2) is 5.96. The van der Waals surface area contributed by atoms with E-state index in [1.54, 1.807) is 6.07 Å². The first-order valence-electron chi connectivity index (χ1n) is 6.01. The standard InChI is InChI=1S/C15H16N2O/c1-12(18)16-15-9-5-8-14(17-15)11-10-13-6-3-2-4-7-13/h2-9H,10-11H2,1H3,(H,16,17,18). The molecular weight excluding hydrogens is 224 g/mol. The smallest absolute Gasteiger partial charge is 0.222 e. The lowest BCUT2D eigenvalue weighted by molar-refractivity contribution is -0.114. The van der Waals surface area contributed by atoms with Crippen LogP contribution in [0.3, 0.4) is 0 Å². The predicted molar refractivity (Wildman–Crippen MR) is 72.4 cm³/mol. The van der Waals surface area contributed by atoms with Crippen LogP contribution in [0.25, 0.3) is 0 Å². The second-order valence-electron chi connectivity index (χ2n) is 4.18. The Morgan fingerprint density at radius 2 is 1.83 bits per heavy atom. The molecule has 0 radical (unpaired) electrons. The molecule has 0 aliphatic heterocycles. The Morgan fingerprint density at radius 1 is 1.06 bits per heavy atom. The number of nitrogens with one attached hydrogen (secondary N) is 1. The van der Waals surface area contributed by atoms with E-state index in [9.17, 15) is 4.79 Å². The quantitative estimate of drug-likeness (QED) is 0.892. The molecule has 1 aromatic heterocycles. The summed E-state index contributed by atoms with van der Waals surface area (Å²) < 4.78 is 0. The van der Waals surface area contributed by atoms with Gasteiger partial charge in [0.2, 0.25) is 5.91 Å². The van der Waals surface area contributed by atoms with Gasteiger partial charge in [0.25, 0.3) is 0 Å². The third-order valence-electron chi connectivity index (χ3n) is 2.62. The molecule has 0 aliphatic rings. The van der Waals surface area contributed by atoms with Gasteiger partial charge in [-0.2, -0.15) is 0 Å². The fourth-order valence-electron chi connectivity index (χ4n) is 1.79. The largest absolute Gasteiger partial charge is 0.311 e. The van der Waals surface area contributed by atoms with E-state index in [0.29, 0.717) is 5.82 Å². The summed E-state index contributed by atoms with van der Waals surface area (Å²) in [5, 5.41) is 2.69. The van der Waals surface area contributed by atoms with Crippen LogP contribution >= 0.6 is 0 Å². The van der Waals surface area contributed by atoms with E-state index >= 15 is 0 Å². The van der Waals surface area contributed by atoms with Crippen molar-refractivity contribution < 1.29 is 4.79 Å². The van der Waals surface area contributed by atoms with Crippen molar-refractivity contribution in [3.05, 3.63) is 59.8 Å². The second-order valence-corrected chi connectivity index (χ2v) is 4.18. The molecule has 18 heavy (non-hydrogen) atoms. The summed E-state index contributed by atoms with van der Waals surface area (Å²) in [4.78, 5) is 15.3. The number of pyridine rings is 1. The average molecular weight is 240 g/mol. The monoisotopic (exact) mass is 240 g/mol. The van der Waals surface area contributed by atoms with Gasteiger partial charge in [-0.25, -0.2) is 4.98 Å². The Morgan fingerprint density at radius 3 is 2.56 bits per heavy atom. The number of benzene rings is 1. The van der Waals surface area contributed by atoms with E-state index in [4.69, 9.17) is 0 Å². The molecule has 0 saturated carbocycles. The highest BCUT2D eigenvalue weighted by Gasteiger charge is 2.00. The maximum atomic E-state index is 11.0. The summed E-state index contributed by atoms with van der Waals surface area (Å²) in [7, 11) is 0. The number of amides is 1. The summed E-state index contributed by atoms with van der Waals surface area (Å²) in [5.41, 5.74) is 2.29. The van der Waals surface area contributed by atoms with Crippen LogP contribution < -0.4 is 5.32 Å². The van der Waals surface area contributed by atoms with Crippen LogP contribution in [0.5, 0.6) is 0 Å². The van der Waals surface area contributed by atoms with E-state index in [-0.39, 0.29) is 5.91 Å². The topological polar surface area (TPSA) is 42.0 Å². The van der Waals surface area contributed by atoms with Gasteiger partial charge in [-0.1, -0.05) is 36.4 Å². The number of nitrogens with zero attached hydrogens (tertiary/aromatic N) is 1. The number of carbonyl (C=O) groups excluding carboxylic acids is 1. The Balaban J connectivity index is 1.99. The molecular formula is C15H16N2O. The first kappa shape index (κ1) is 12.3. The molecule has 0 fully saturated rings. The van der Waals surface area contributed by atoms with Crippen molar-refractivity contribution in [3.63, 3.8) is 0 Å². The maximum Gasteiger partial charge on any atom is 0.222 e. The minimum Gasteiger partial charge on any atom is -0.311 e. The molecule has 3 heteroatoms. The van der Waals surface area contributed by atoms with E-state index < -0.39 is 0 Å². The number of aryl methyl sites for hydroxylation is 2. The lowest BCUT2D eigenvalue weighted by Gasteiger charge is -2.05. The molecule has 0 atom stereocenters. The summed E-state index contributed by atoms with van der Waals surface area (Å²) in [6.45, 7) is 1.48. The normalized spacial score (nSPS) is 10.1.